The SMILES string of the molecule is C=C(C)[C@H]1CC[C@@H](C)O[C@H]1c1ccccc1. The van der Waals surface area contributed by atoms with E-state index >= 15 is 0 Å². The van der Waals surface area contributed by atoms with E-state index in [-0.39, 0.29) is 6.10 Å². The van der Waals surface area contributed by atoms with Crippen LogP contribution in [0.2, 0.25) is 0 Å². The van der Waals surface area contributed by atoms with Crippen molar-refractivity contribution in [3.63, 3.8) is 0 Å². The lowest BCUT2D eigenvalue weighted by atomic mass is 9.83. The fourth-order valence-electron chi connectivity index (χ4n) is 2.44. The average molecular weight is 216 g/mol. The topological polar surface area (TPSA) is 9.23 Å². The van der Waals surface area contributed by atoms with E-state index < -0.39 is 0 Å². The number of hydrogen-bond donors (Lipinski definition) is 0. The zero-order chi connectivity index (χ0) is 11.5. The molecule has 0 unspecified atom stereocenters. The third-order valence-electron chi connectivity index (χ3n) is 3.39. The second-order valence-electron chi connectivity index (χ2n) is 4.81. The summed E-state index contributed by atoms with van der Waals surface area (Å²) in [6.45, 7) is 8.37. The molecule has 0 aliphatic carbocycles. The summed E-state index contributed by atoms with van der Waals surface area (Å²) < 4.78 is 6.09. The van der Waals surface area contributed by atoms with Crippen molar-refractivity contribution in [3.8, 4) is 0 Å². The molecular formula is C15H20O. The van der Waals surface area contributed by atoms with Crippen LogP contribution >= 0.6 is 0 Å². The Morgan fingerprint density at radius 2 is 1.94 bits per heavy atom. The predicted molar refractivity (Wildman–Crippen MR) is 67.3 cm³/mol. The fourth-order valence-corrected chi connectivity index (χ4v) is 2.44. The summed E-state index contributed by atoms with van der Waals surface area (Å²) in [6, 6.07) is 10.5. The van der Waals surface area contributed by atoms with Gasteiger partial charge in [-0.1, -0.05) is 42.5 Å². The molecule has 0 radical (unpaired) electrons. The summed E-state index contributed by atoms with van der Waals surface area (Å²) in [4.78, 5) is 0. The molecule has 1 fully saturated rings. The first-order valence-electron chi connectivity index (χ1n) is 6.04. The minimum atomic E-state index is 0.197. The van der Waals surface area contributed by atoms with E-state index in [1.807, 2.05) is 6.07 Å². The second-order valence-corrected chi connectivity index (χ2v) is 4.81. The first kappa shape index (κ1) is 11.4. The van der Waals surface area contributed by atoms with Crippen LogP contribution in [0.25, 0.3) is 0 Å². The normalized spacial score (nSPS) is 30.0. The highest BCUT2D eigenvalue weighted by molar-refractivity contribution is 5.21. The maximum atomic E-state index is 6.09. The molecule has 1 nitrogen and oxygen atoms in total. The van der Waals surface area contributed by atoms with Crippen LogP contribution in [0.5, 0.6) is 0 Å². The van der Waals surface area contributed by atoms with Crippen LogP contribution in [-0.4, -0.2) is 6.10 Å². The first-order chi connectivity index (χ1) is 7.68. The van der Waals surface area contributed by atoms with Gasteiger partial charge in [-0.3, -0.25) is 0 Å². The molecule has 1 aliphatic rings. The molecule has 0 amide bonds. The van der Waals surface area contributed by atoms with Gasteiger partial charge in [0.1, 0.15) is 0 Å². The van der Waals surface area contributed by atoms with Crippen LogP contribution in [0.4, 0.5) is 0 Å². The summed E-state index contributed by atoms with van der Waals surface area (Å²) in [5, 5.41) is 0. The van der Waals surface area contributed by atoms with Gasteiger partial charge >= 0.3 is 0 Å². The first-order valence-corrected chi connectivity index (χ1v) is 6.04. The molecule has 0 bridgehead atoms. The van der Waals surface area contributed by atoms with E-state index in [0.29, 0.717) is 12.0 Å². The molecule has 2 rings (SSSR count). The summed E-state index contributed by atoms with van der Waals surface area (Å²) in [7, 11) is 0. The van der Waals surface area contributed by atoms with Crippen molar-refractivity contribution in [2.75, 3.05) is 0 Å². The Balaban J connectivity index is 2.24. The lowest BCUT2D eigenvalue weighted by Gasteiger charge is -2.36. The highest BCUT2D eigenvalue weighted by atomic mass is 16.5. The zero-order valence-corrected chi connectivity index (χ0v) is 10.1. The lowest BCUT2D eigenvalue weighted by Crippen LogP contribution is -2.28. The van der Waals surface area contributed by atoms with Gasteiger partial charge in [0.15, 0.2) is 0 Å². The molecule has 0 N–H and O–H groups in total. The molecule has 86 valence electrons. The van der Waals surface area contributed by atoms with Crippen molar-refractivity contribution in [2.24, 2.45) is 5.92 Å². The van der Waals surface area contributed by atoms with E-state index in [1.54, 1.807) is 0 Å². The van der Waals surface area contributed by atoms with E-state index in [4.69, 9.17) is 4.74 Å². The van der Waals surface area contributed by atoms with Gasteiger partial charge < -0.3 is 4.74 Å². The lowest BCUT2D eigenvalue weighted by molar-refractivity contribution is -0.0672. The van der Waals surface area contributed by atoms with Gasteiger partial charge in [-0.25, -0.2) is 0 Å². The Labute approximate surface area is 98.1 Å². The van der Waals surface area contributed by atoms with Gasteiger partial charge in [0.05, 0.1) is 12.2 Å². The summed E-state index contributed by atoms with van der Waals surface area (Å²) in [6.07, 6.45) is 2.89. The molecule has 0 saturated carbocycles. The molecule has 1 saturated heterocycles. The average Bonchev–Trinajstić information content (AvgIpc) is 2.29. The van der Waals surface area contributed by atoms with E-state index in [2.05, 4.69) is 44.7 Å². The number of benzene rings is 1. The summed E-state index contributed by atoms with van der Waals surface area (Å²) in [5.41, 5.74) is 2.52. The molecular weight excluding hydrogens is 196 g/mol. The standard InChI is InChI=1S/C15H20O/c1-11(2)14-10-9-12(3)16-15(14)13-7-5-4-6-8-13/h4-8,12,14-15H,1,9-10H2,2-3H3/t12-,14-,15+/m1/s1. The van der Waals surface area contributed by atoms with Gasteiger partial charge in [-0.15, -0.1) is 0 Å². The molecule has 1 heterocycles. The third-order valence-corrected chi connectivity index (χ3v) is 3.39. The van der Waals surface area contributed by atoms with Crippen molar-refractivity contribution in [1.82, 2.24) is 0 Å². The van der Waals surface area contributed by atoms with Crippen LogP contribution in [0.15, 0.2) is 42.5 Å². The van der Waals surface area contributed by atoms with Crippen LogP contribution in [-0.2, 0) is 4.74 Å². The Bertz CT molecular complexity index is 355. The number of ether oxygens (including phenoxy) is 1. The maximum Gasteiger partial charge on any atom is 0.0893 e. The minimum Gasteiger partial charge on any atom is -0.370 e. The Morgan fingerprint density at radius 3 is 2.56 bits per heavy atom. The minimum absolute atomic E-state index is 0.197. The summed E-state index contributed by atoms with van der Waals surface area (Å²) >= 11 is 0. The molecule has 0 aromatic heterocycles. The van der Waals surface area contributed by atoms with E-state index in [1.165, 1.54) is 17.6 Å². The van der Waals surface area contributed by atoms with Crippen molar-refractivity contribution in [3.05, 3.63) is 48.0 Å². The van der Waals surface area contributed by atoms with Crippen LogP contribution in [0.1, 0.15) is 38.4 Å². The zero-order valence-electron chi connectivity index (χ0n) is 10.1. The largest absolute Gasteiger partial charge is 0.370 e. The Kier molecular flexibility index (Phi) is 3.45. The second kappa shape index (κ2) is 4.84. The molecule has 0 spiro atoms. The van der Waals surface area contributed by atoms with Gasteiger partial charge in [0.2, 0.25) is 0 Å². The number of hydrogen-bond acceptors (Lipinski definition) is 1. The Hall–Kier alpha value is -1.08. The van der Waals surface area contributed by atoms with Crippen molar-refractivity contribution in [2.45, 2.75) is 38.9 Å². The smallest absolute Gasteiger partial charge is 0.0893 e. The molecule has 1 aromatic rings. The van der Waals surface area contributed by atoms with Crippen LogP contribution in [0.3, 0.4) is 0 Å². The van der Waals surface area contributed by atoms with Crippen molar-refractivity contribution in [1.29, 1.82) is 0 Å². The Morgan fingerprint density at radius 1 is 1.25 bits per heavy atom. The fraction of sp³-hybridized carbons (Fsp3) is 0.467. The van der Waals surface area contributed by atoms with Gasteiger partial charge in [0.25, 0.3) is 0 Å². The van der Waals surface area contributed by atoms with Gasteiger partial charge in [-0.05, 0) is 32.3 Å². The molecule has 1 heteroatoms. The van der Waals surface area contributed by atoms with Crippen LogP contribution < -0.4 is 0 Å². The predicted octanol–water partition coefficient (Wildman–Crippen LogP) is 4.12. The van der Waals surface area contributed by atoms with Crippen LogP contribution in [0, 0.1) is 5.92 Å². The number of rotatable bonds is 2. The highest BCUT2D eigenvalue weighted by Gasteiger charge is 2.30. The van der Waals surface area contributed by atoms with E-state index in [0.717, 1.165) is 6.42 Å². The molecule has 1 aromatic carbocycles. The van der Waals surface area contributed by atoms with E-state index in [9.17, 15) is 0 Å². The van der Waals surface area contributed by atoms with Crippen molar-refractivity contribution >= 4 is 0 Å². The maximum absolute atomic E-state index is 6.09. The quantitative estimate of drug-likeness (QED) is 0.676. The van der Waals surface area contributed by atoms with Gasteiger partial charge in [0, 0.05) is 5.92 Å². The third kappa shape index (κ3) is 2.35. The monoisotopic (exact) mass is 216 g/mol. The van der Waals surface area contributed by atoms with Crippen molar-refractivity contribution < 1.29 is 4.74 Å². The highest BCUT2D eigenvalue weighted by Crippen LogP contribution is 2.39. The molecule has 3 atom stereocenters. The summed E-state index contributed by atoms with van der Waals surface area (Å²) in [5.74, 6) is 0.471. The molecule has 1 aliphatic heterocycles. The van der Waals surface area contributed by atoms with Gasteiger partial charge in [-0.2, -0.15) is 0 Å². The molecule has 16 heavy (non-hydrogen) atoms.